The summed E-state index contributed by atoms with van der Waals surface area (Å²) in [7, 11) is 0. The molecular weight excluding hydrogens is 374 g/mol. The number of aliphatic imine (C=N–C) groups is 1. The Morgan fingerprint density at radius 3 is 2.56 bits per heavy atom. The Kier molecular flexibility index (Phi) is 5.67. The van der Waals surface area contributed by atoms with Crippen molar-refractivity contribution in [2.45, 2.75) is 20.5 Å². The highest BCUT2D eigenvalue weighted by Gasteiger charge is 1.99. The lowest BCUT2D eigenvalue weighted by molar-refractivity contribution is 0.306. The Bertz CT molecular complexity index is 885. The largest absolute Gasteiger partial charge is 0.489 e. The Morgan fingerprint density at radius 1 is 0.960 bits per heavy atom. The predicted molar refractivity (Wildman–Crippen MR) is 108 cm³/mol. The molecule has 3 rings (SSSR count). The monoisotopic (exact) mass is 393 g/mol. The molecule has 0 fully saturated rings. The second kappa shape index (κ2) is 8.13. The molecule has 0 unspecified atom stereocenters. The molecule has 0 N–H and O–H groups in total. The van der Waals surface area contributed by atoms with Gasteiger partial charge in [0.05, 0.1) is 5.69 Å². The Balaban J connectivity index is 1.69. The van der Waals surface area contributed by atoms with Crippen LogP contribution in [0.3, 0.4) is 0 Å². The van der Waals surface area contributed by atoms with Gasteiger partial charge in [-0.25, -0.2) is 0 Å². The minimum Gasteiger partial charge on any atom is -0.489 e. The summed E-state index contributed by atoms with van der Waals surface area (Å²) < 4.78 is 6.96. The normalized spacial score (nSPS) is 11.0. The van der Waals surface area contributed by atoms with E-state index in [-0.39, 0.29) is 0 Å². The van der Waals surface area contributed by atoms with Crippen LogP contribution >= 0.6 is 15.9 Å². The van der Waals surface area contributed by atoms with Gasteiger partial charge in [0.1, 0.15) is 12.4 Å². The fourth-order valence-electron chi connectivity index (χ4n) is 2.43. The van der Waals surface area contributed by atoms with E-state index in [2.05, 4.69) is 65.1 Å². The minimum atomic E-state index is 0.546. The molecule has 25 heavy (non-hydrogen) atoms. The van der Waals surface area contributed by atoms with Crippen molar-refractivity contribution in [2.75, 3.05) is 0 Å². The number of rotatable bonds is 5. The molecule has 0 aliphatic heterocycles. The number of nitrogens with zero attached hydrogens (tertiary/aromatic N) is 1. The van der Waals surface area contributed by atoms with Crippen LogP contribution < -0.4 is 4.74 Å². The summed E-state index contributed by atoms with van der Waals surface area (Å²) in [5, 5.41) is 0. The third kappa shape index (κ3) is 5.04. The van der Waals surface area contributed by atoms with E-state index in [0.717, 1.165) is 27.0 Å². The Morgan fingerprint density at radius 2 is 1.76 bits per heavy atom. The van der Waals surface area contributed by atoms with Crippen LogP contribution in [0.2, 0.25) is 0 Å². The number of ether oxygens (including phenoxy) is 1. The quantitative estimate of drug-likeness (QED) is 0.459. The highest BCUT2D eigenvalue weighted by Crippen LogP contribution is 2.21. The van der Waals surface area contributed by atoms with Crippen LogP contribution in [0, 0.1) is 13.8 Å². The van der Waals surface area contributed by atoms with Crippen molar-refractivity contribution in [1.82, 2.24) is 0 Å². The summed E-state index contributed by atoms with van der Waals surface area (Å²) in [4.78, 5) is 4.62. The minimum absolute atomic E-state index is 0.546. The number of aryl methyl sites for hydroxylation is 2. The van der Waals surface area contributed by atoms with E-state index in [1.54, 1.807) is 0 Å². The first-order chi connectivity index (χ1) is 12.1. The van der Waals surface area contributed by atoms with E-state index in [4.69, 9.17) is 4.74 Å². The third-order valence-corrected chi connectivity index (χ3v) is 4.42. The molecule has 0 saturated carbocycles. The Hall–Kier alpha value is -2.39. The average Bonchev–Trinajstić information content (AvgIpc) is 2.62. The predicted octanol–water partition coefficient (Wildman–Crippen LogP) is 6.40. The van der Waals surface area contributed by atoms with Crippen LogP contribution in [0.1, 0.15) is 22.3 Å². The lowest BCUT2D eigenvalue weighted by atomic mass is 10.1. The van der Waals surface area contributed by atoms with Gasteiger partial charge in [-0.2, -0.15) is 0 Å². The SMILES string of the molecule is Cc1ccc(C)c(N=Cc2cccc(OCc3ccc(Br)cc3)c2)c1. The highest BCUT2D eigenvalue weighted by atomic mass is 79.9. The maximum Gasteiger partial charge on any atom is 0.120 e. The summed E-state index contributed by atoms with van der Waals surface area (Å²) in [6.07, 6.45) is 1.88. The summed E-state index contributed by atoms with van der Waals surface area (Å²) in [6.45, 7) is 4.70. The van der Waals surface area contributed by atoms with Crippen LogP contribution in [0.4, 0.5) is 5.69 Å². The van der Waals surface area contributed by atoms with Gasteiger partial charge in [-0.15, -0.1) is 0 Å². The smallest absolute Gasteiger partial charge is 0.120 e. The maximum atomic E-state index is 5.89. The first kappa shape index (κ1) is 17.4. The van der Waals surface area contributed by atoms with E-state index >= 15 is 0 Å². The molecular formula is C22H20BrNO. The first-order valence-electron chi connectivity index (χ1n) is 8.19. The summed E-state index contributed by atoms with van der Waals surface area (Å²) >= 11 is 3.44. The van der Waals surface area contributed by atoms with Crippen LogP contribution in [-0.2, 0) is 6.61 Å². The molecule has 0 aromatic heterocycles. The zero-order chi connectivity index (χ0) is 17.6. The standard InChI is InChI=1S/C22H20BrNO/c1-16-6-7-17(2)22(12-16)24-14-19-4-3-5-21(13-19)25-15-18-8-10-20(23)11-9-18/h3-14H,15H2,1-2H3. The third-order valence-electron chi connectivity index (χ3n) is 3.89. The fraction of sp³-hybridized carbons (Fsp3) is 0.136. The lowest BCUT2D eigenvalue weighted by Crippen LogP contribution is -1.95. The number of hydrogen-bond donors (Lipinski definition) is 0. The van der Waals surface area contributed by atoms with Crippen molar-refractivity contribution in [1.29, 1.82) is 0 Å². The summed E-state index contributed by atoms with van der Waals surface area (Å²) in [6, 6.07) is 22.4. The van der Waals surface area contributed by atoms with Crippen LogP contribution in [0.5, 0.6) is 5.75 Å². The molecule has 0 heterocycles. The van der Waals surface area contributed by atoms with Gasteiger partial charge in [-0.05, 0) is 66.4 Å². The molecule has 0 amide bonds. The molecule has 0 bridgehead atoms. The van der Waals surface area contributed by atoms with Crippen molar-refractivity contribution in [3.8, 4) is 5.75 Å². The van der Waals surface area contributed by atoms with Gasteiger partial charge < -0.3 is 4.74 Å². The van der Waals surface area contributed by atoms with Crippen LogP contribution in [0.15, 0.2) is 76.2 Å². The van der Waals surface area contributed by atoms with Crippen molar-refractivity contribution in [3.63, 3.8) is 0 Å². The molecule has 0 saturated heterocycles. The fourth-order valence-corrected chi connectivity index (χ4v) is 2.70. The van der Waals surface area contributed by atoms with Gasteiger partial charge in [-0.1, -0.05) is 52.3 Å². The molecule has 126 valence electrons. The zero-order valence-corrected chi connectivity index (χ0v) is 16.0. The van der Waals surface area contributed by atoms with Gasteiger partial charge in [0, 0.05) is 10.7 Å². The molecule has 0 aliphatic carbocycles. The van der Waals surface area contributed by atoms with E-state index in [1.807, 2.05) is 42.6 Å². The van der Waals surface area contributed by atoms with Gasteiger partial charge in [0.25, 0.3) is 0 Å². The van der Waals surface area contributed by atoms with Gasteiger partial charge >= 0.3 is 0 Å². The van der Waals surface area contributed by atoms with E-state index in [9.17, 15) is 0 Å². The molecule has 0 atom stereocenters. The molecule has 3 aromatic rings. The topological polar surface area (TPSA) is 21.6 Å². The molecule has 0 aliphatic rings. The molecule has 2 nitrogen and oxygen atoms in total. The molecule has 0 spiro atoms. The average molecular weight is 394 g/mol. The highest BCUT2D eigenvalue weighted by molar-refractivity contribution is 9.10. The number of hydrogen-bond acceptors (Lipinski definition) is 2. The Labute approximate surface area is 157 Å². The van der Waals surface area contributed by atoms with E-state index in [0.29, 0.717) is 6.61 Å². The van der Waals surface area contributed by atoms with Crippen molar-refractivity contribution in [2.24, 2.45) is 4.99 Å². The lowest BCUT2D eigenvalue weighted by Gasteiger charge is -2.07. The maximum absolute atomic E-state index is 5.89. The number of halogens is 1. The molecule has 0 radical (unpaired) electrons. The van der Waals surface area contributed by atoms with E-state index in [1.165, 1.54) is 11.1 Å². The second-order valence-electron chi connectivity index (χ2n) is 6.04. The zero-order valence-electron chi connectivity index (χ0n) is 14.4. The van der Waals surface area contributed by atoms with Crippen molar-refractivity contribution < 1.29 is 4.74 Å². The van der Waals surface area contributed by atoms with Crippen molar-refractivity contribution in [3.05, 3.63) is 93.5 Å². The van der Waals surface area contributed by atoms with Gasteiger partial charge in [0.15, 0.2) is 0 Å². The van der Waals surface area contributed by atoms with Gasteiger partial charge in [-0.3, -0.25) is 4.99 Å². The molecule has 3 heteroatoms. The summed E-state index contributed by atoms with van der Waals surface area (Å²) in [5.41, 5.74) is 5.54. The van der Waals surface area contributed by atoms with Crippen molar-refractivity contribution >= 4 is 27.8 Å². The summed E-state index contributed by atoms with van der Waals surface area (Å²) in [5.74, 6) is 0.841. The molecule has 3 aromatic carbocycles. The second-order valence-corrected chi connectivity index (χ2v) is 6.95. The van der Waals surface area contributed by atoms with E-state index < -0.39 is 0 Å². The number of benzene rings is 3. The van der Waals surface area contributed by atoms with Gasteiger partial charge in [0.2, 0.25) is 0 Å². The van der Waals surface area contributed by atoms with Crippen LogP contribution in [0.25, 0.3) is 0 Å². The first-order valence-corrected chi connectivity index (χ1v) is 8.98. The van der Waals surface area contributed by atoms with Crippen LogP contribution in [-0.4, -0.2) is 6.21 Å².